The summed E-state index contributed by atoms with van der Waals surface area (Å²) in [6.45, 7) is 8.51. The zero-order chi connectivity index (χ0) is 18.7. The molecule has 1 fully saturated rings. The van der Waals surface area contributed by atoms with Gasteiger partial charge in [-0.25, -0.2) is 0 Å². The second-order valence-electron chi connectivity index (χ2n) is 6.79. The van der Waals surface area contributed by atoms with Gasteiger partial charge in [0.05, 0.1) is 12.7 Å². The number of carbonyl (C=O) groups is 1. The third-order valence-electron chi connectivity index (χ3n) is 5.21. The Bertz CT molecular complexity index is 774. The molecular weight excluding hydrogens is 328 g/mol. The van der Waals surface area contributed by atoms with Crippen molar-refractivity contribution in [3.8, 4) is 11.5 Å². The number of aryl methyl sites for hydroxylation is 1. The number of likely N-dealkylation sites (tertiary alicyclic amines) is 1. The standard InChI is InChI=1S/C21H28N2O3/c1-5-23-15(2)14-18(16(23)3)21(24)22-12-10-17(11-13-22)26-20-9-7-6-8-19(20)25-4/h6-9,14,17H,5,10-13H2,1-4H3. The molecule has 140 valence electrons. The summed E-state index contributed by atoms with van der Waals surface area (Å²) in [5.41, 5.74) is 3.03. The number of carbonyl (C=O) groups excluding carboxylic acids is 1. The lowest BCUT2D eigenvalue weighted by Gasteiger charge is -2.32. The molecule has 0 radical (unpaired) electrons. The fourth-order valence-corrected chi connectivity index (χ4v) is 3.75. The van der Waals surface area contributed by atoms with Gasteiger partial charge in [-0.15, -0.1) is 0 Å². The zero-order valence-corrected chi connectivity index (χ0v) is 16.1. The first kappa shape index (κ1) is 18.4. The predicted octanol–water partition coefficient (Wildman–Crippen LogP) is 3.82. The monoisotopic (exact) mass is 356 g/mol. The number of rotatable bonds is 5. The number of amides is 1. The van der Waals surface area contributed by atoms with Gasteiger partial charge < -0.3 is 18.9 Å². The van der Waals surface area contributed by atoms with Gasteiger partial charge in [-0.3, -0.25) is 4.79 Å². The van der Waals surface area contributed by atoms with Crippen molar-refractivity contribution < 1.29 is 14.3 Å². The van der Waals surface area contributed by atoms with Crippen molar-refractivity contribution in [1.82, 2.24) is 9.47 Å². The van der Waals surface area contributed by atoms with Gasteiger partial charge in [-0.1, -0.05) is 12.1 Å². The number of hydrogen-bond acceptors (Lipinski definition) is 3. The normalized spacial score (nSPS) is 15.2. The van der Waals surface area contributed by atoms with Crippen LogP contribution in [0.2, 0.25) is 0 Å². The Balaban J connectivity index is 1.62. The molecule has 0 atom stereocenters. The summed E-state index contributed by atoms with van der Waals surface area (Å²) in [5, 5.41) is 0. The molecule has 0 spiro atoms. The van der Waals surface area contributed by atoms with Gasteiger partial charge in [0.25, 0.3) is 5.91 Å². The minimum atomic E-state index is 0.110. The van der Waals surface area contributed by atoms with Crippen molar-refractivity contribution in [1.29, 1.82) is 0 Å². The Hall–Kier alpha value is -2.43. The molecule has 2 heterocycles. The number of para-hydroxylation sites is 2. The first-order valence-electron chi connectivity index (χ1n) is 9.30. The van der Waals surface area contributed by atoms with E-state index in [0.717, 1.165) is 47.8 Å². The molecule has 2 aromatic rings. The Morgan fingerprint density at radius 1 is 1.15 bits per heavy atom. The van der Waals surface area contributed by atoms with E-state index in [2.05, 4.69) is 18.4 Å². The van der Waals surface area contributed by atoms with Gasteiger partial charge >= 0.3 is 0 Å². The smallest absolute Gasteiger partial charge is 0.255 e. The van der Waals surface area contributed by atoms with Crippen LogP contribution in [0.5, 0.6) is 11.5 Å². The van der Waals surface area contributed by atoms with Crippen molar-refractivity contribution in [3.05, 3.63) is 47.3 Å². The Kier molecular flexibility index (Phi) is 5.55. The number of ether oxygens (including phenoxy) is 2. The van der Waals surface area contributed by atoms with Gasteiger partial charge in [0.15, 0.2) is 11.5 Å². The highest BCUT2D eigenvalue weighted by Gasteiger charge is 2.27. The largest absolute Gasteiger partial charge is 0.493 e. The maximum absolute atomic E-state index is 12.9. The third-order valence-corrected chi connectivity index (χ3v) is 5.21. The van der Waals surface area contributed by atoms with E-state index in [1.165, 1.54) is 0 Å². The summed E-state index contributed by atoms with van der Waals surface area (Å²) in [6, 6.07) is 9.71. The van der Waals surface area contributed by atoms with Crippen LogP contribution in [0.25, 0.3) is 0 Å². The number of aromatic nitrogens is 1. The van der Waals surface area contributed by atoms with E-state index in [1.807, 2.05) is 42.2 Å². The van der Waals surface area contributed by atoms with E-state index in [4.69, 9.17) is 9.47 Å². The molecule has 0 unspecified atom stereocenters. The lowest BCUT2D eigenvalue weighted by atomic mass is 10.1. The quantitative estimate of drug-likeness (QED) is 0.818. The molecule has 1 aromatic carbocycles. The van der Waals surface area contributed by atoms with Crippen molar-refractivity contribution in [2.75, 3.05) is 20.2 Å². The van der Waals surface area contributed by atoms with Gasteiger partial charge in [0.2, 0.25) is 0 Å². The van der Waals surface area contributed by atoms with Crippen LogP contribution in [0.15, 0.2) is 30.3 Å². The summed E-state index contributed by atoms with van der Waals surface area (Å²) in [4.78, 5) is 14.9. The van der Waals surface area contributed by atoms with E-state index < -0.39 is 0 Å². The number of piperidine rings is 1. The van der Waals surface area contributed by atoms with Gasteiger partial charge in [-0.2, -0.15) is 0 Å². The fraction of sp³-hybridized carbons (Fsp3) is 0.476. The molecule has 1 aliphatic rings. The first-order valence-corrected chi connectivity index (χ1v) is 9.30. The molecule has 1 aromatic heterocycles. The van der Waals surface area contributed by atoms with Gasteiger partial charge in [0.1, 0.15) is 6.10 Å². The van der Waals surface area contributed by atoms with Crippen LogP contribution in [0.1, 0.15) is 41.5 Å². The van der Waals surface area contributed by atoms with E-state index in [0.29, 0.717) is 13.1 Å². The SMILES string of the molecule is CCn1c(C)cc(C(=O)N2CCC(Oc3ccccc3OC)CC2)c1C. The molecule has 1 amide bonds. The lowest BCUT2D eigenvalue weighted by molar-refractivity contribution is 0.0590. The fourth-order valence-electron chi connectivity index (χ4n) is 3.75. The summed E-state index contributed by atoms with van der Waals surface area (Å²) in [7, 11) is 1.65. The van der Waals surface area contributed by atoms with Gasteiger partial charge in [0, 0.05) is 43.9 Å². The summed E-state index contributed by atoms with van der Waals surface area (Å²) in [6.07, 6.45) is 1.77. The number of nitrogens with zero attached hydrogens (tertiary/aromatic N) is 2. The molecule has 0 bridgehead atoms. The molecule has 26 heavy (non-hydrogen) atoms. The van der Waals surface area contributed by atoms with Crippen molar-refractivity contribution >= 4 is 5.91 Å². The summed E-state index contributed by atoms with van der Waals surface area (Å²) < 4.78 is 13.6. The highest BCUT2D eigenvalue weighted by Crippen LogP contribution is 2.29. The number of methoxy groups -OCH3 is 1. The minimum Gasteiger partial charge on any atom is -0.493 e. The second kappa shape index (κ2) is 7.85. The molecule has 1 aliphatic heterocycles. The summed E-state index contributed by atoms with van der Waals surface area (Å²) >= 11 is 0. The molecular formula is C21H28N2O3. The zero-order valence-electron chi connectivity index (χ0n) is 16.1. The molecule has 0 aliphatic carbocycles. The average Bonchev–Trinajstić information content (AvgIpc) is 2.95. The topological polar surface area (TPSA) is 43.7 Å². The van der Waals surface area contributed by atoms with E-state index >= 15 is 0 Å². The van der Waals surface area contributed by atoms with Crippen molar-refractivity contribution in [2.24, 2.45) is 0 Å². The molecule has 0 saturated carbocycles. The van der Waals surface area contributed by atoms with Crippen LogP contribution in [-0.2, 0) is 6.54 Å². The van der Waals surface area contributed by atoms with Crippen LogP contribution in [0, 0.1) is 13.8 Å². The van der Waals surface area contributed by atoms with Crippen molar-refractivity contribution in [2.45, 2.75) is 46.3 Å². The third kappa shape index (κ3) is 3.57. The van der Waals surface area contributed by atoms with E-state index in [1.54, 1.807) is 7.11 Å². The highest BCUT2D eigenvalue weighted by atomic mass is 16.5. The van der Waals surface area contributed by atoms with Crippen LogP contribution < -0.4 is 9.47 Å². The predicted molar refractivity (Wildman–Crippen MR) is 102 cm³/mol. The molecule has 5 nitrogen and oxygen atoms in total. The summed E-state index contributed by atoms with van der Waals surface area (Å²) in [5.74, 6) is 1.65. The number of hydrogen-bond donors (Lipinski definition) is 0. The molecule has 5 heteroatoms. The molecule has 1 saturated heterocycles. The van der Waals surface area contributed by atoms with Crippen LogP contribution >= 0.6 is 0 Å². The highest BCUT2D eigenvalue weighted by molar-refractivity contribution is 5.95. The van der Waals surface area contributed by atoms with E-state index in [9.17, 15) is 4.79 Å². The second-order valence-corrected chi connectivity index (χ2v) is 6.79. The van der Waals surface area contributed by atoms with Crippen LogP contribution in [0.3, 0.4) is 0 Å². The average molecular weight is 356 g/mol. The van der Waals surface area contributed by atoms with Crippen molar-refractivity contribution in [3.63, 3.8) is 0 Å². The maximum Gasteiger partial charge on any atom is 0.255 e. The maximum atomic E-state index is 12.9. The first-order chi connectivity index (χ1) is 12.5. The van der Waals surface area contributed by atoms with E-state index in [-0.39, 0.29) is 12.0 Å². The Labute approximate surface area is 155 Å². The molecule has 3 rings (SSSR count). The molecule has 0 N–H and O–H groups in total. The van der Waals surface area contributed by atoms with Crippen LogP contribution in [-0.4, -0.2) is 41.7 Å². The lowest BCUT2D eigenvalue weighted by Crippen LogP contribution is -2.42. The Morgan fingerprint density at radius 2 is 1.81 bits per heavy atom. The Morgan fingerprint density at radius 3 is 2.38 bits per heavy atom. The minimum absolute atomic E-state index is 0.110. The van der Waals surface area contributed by atoms with Gasteiger partial charge in [-0.05, 0) is 39.0 Å². The van der Waals surface area contributed by atoms with Crippen LogP contribution in [0.4, 0.5) is 0 Å². The number of benzene rings is 1.